The van der Waals surface area contributed by atoms with Crippen molar-refractivity contribution in [3.8, 4) is 0 Å². The summed E-state index contributed by atoms with van der Waals surface area (Å²) < 4.78 is 36.3. The summed E-state index contributed by atoms with van der Waals surface area (Å²) in [6.07, 6.45) is 0.899. The van der Waals surface area contributed by atoms with E-state index in [9.17, 15) is 8.42 Å². The van der Waals surface area contributed by atoms with Crippen molar-refractivity contribution < 1.29 is 17.7 Å². The van der Waals surface area contributed by atoms with Crippen LogP contribution in [0.25, 0.3) is 0 Å². The molecule has 1 aliphatic heterocycles. The molecule has 0 saturated carbocycles. The van der Waals surface area contributed by atoms with Crippen LogP contribution in [0.2, 0.25) is 0 Å². The van der Waals surface area contributed by atoms with Crippen LogP contribution in [-0.4, -0.2) is 26.2 Å². The smallest absolute Gasteiger partial charge is 0.294 e. The highest BCUT2D eigenvalue weighted by molar-refractivity contribution is 7.85. The van der Waals surface area contributed by atoms with E-state index in [1.165, 1.54) is 6.07 Å². The van der Waals surface area contributed by atoms with Crippen molar-refractivity contribution in [1.29, 1.82) is 0 Å². The lowest BCUT2D eigenvalue weighted by atomic mass is 9.94. The predicted octanol–water partition coefficient (Wildman–Crippen LogP) is 1.75. The summed E-state index contributed by atoms with van der Waals surface area (Å²) in [5, 5.41) is 0. The second-order valence-electron chi connectivity index (χ2n) is 4.05. The second kappa shape index (κ2) is 4.16. The van der Waals surface area contributed by atoms with Crippen LogP contribution in [0.4, 0.5) is 0 Å². The predicted molar refractivity (Wildman–Crippen MR) is 59.2 cm³/mol. The number of hydrogen-bond donors (Lipinski definition) is 1. The van der Waals surface area contributed by atoms with Crippen molar-refractivity contribution in [1.82, 2.24) is 0 Å². The Bertz CT molecular complexity index is 487. The Kier molecular flexibility index (Phi) is 3.01. The quantitative estimate of drug-likeness (QED) is 0.802. The van der Waals surface area contributed by atoms with Crippen LogP contribution >= 0.6 is 0 Å². The van der Waals surface area contributed by atoms with Crippen LogP contribution in [0.15, 0.2) is 23.1 Å². The highest BCUT2D eigenvalue weighted by atomic mass is 32.2. The van der Waals surface area contributed by atoms with Gasteiger partial charge in [0, 0.05) is 12.5 Å². The van der Waals surface area contributed by atoms with Gasteiger partial charge in [0.2, 0.25) is 0 Å². The van der Waals surface area contributed by atoms with E-state index in [1.807, 2.05) is 6.92 Å². The lowest BCUT2D eigenvalue weighted by molar-refractivity contribution is 0.194. The van der Waals surface area contributed by atoms with Gasteiger partial charge in [0.1, 0.15) is 0 Å². The summed E-state index contributed by atoms with van der Waals surface area (Å²) in [7, 11) is -4.11. The van der Waals surface area contributed by atoms with Crippen LogP contribution in [0.5, 0.6) is 0 Å². The van der Waals surface area contributed by atoms with Gasteiger partial charge in [0.25, 0.3) is 10.1 Å². The Morgan fingerprint density at radius 2 is 2.19 bits per heavy atom. The van der Waals surface area contributed by atoms with E-state index in [-0.39, 0.29) is 10.8 Å². The summed E-state index contributed by atoms with van der Waals surface area (Å²) in [6.45, 7) is 3.26. The van der Waals surface area contributed by atoms with Crippen LogP contribution < -0.4 is 0 Å². The highest BCUT2D eigenvalue weighted by Gasteiger charge is 2.21. The molecule has 0 aromatic heterocycles. The maximum Gasteiger partial charge on any atom is 0.294 e. The molecule has 1 aromatic carbocycles. The molecule has 0 bridgehead atoms. The minimum absolute atomic E-state index is 0.0417. The molecule has 1 N–H and O–H groups in total. The third-order valence-corrected chi connectivity index (χ3v) is 3.77. The number of aryl methyl sites for hydroxylation is 1. The monoisotopic (exact) mass is 242 g/mol. The average Bonchev–Trinajstić information content (AvgIpc) is 2.69. The van der Waals surface area contributed by atoms with E-state index in [0.29, 0.717) is 13.2 Å². The van der Waals surface area contributed by atoms with Crippen LogP contribution in [0.1, 0.15) is 23.5 Å². The normalized spacial score (nSPS) is 21.2. The van der Waals surface area contributed by atoms with Gasteiger partial charge in [-0.25, -0.2) is 0 Å². The molecule has 1 aliphatic rings. The first kappa shape index (κ1) is 11.6. The van der Waals surface area contributed by atoms with E-state index in [2.05, 4.69) is 0 Å². The fraction of sp³-hybridized carbons (Fsp3) is 0.455. The van der Waals surface area contributed by atoms with Gasteiger partial charge in [-0.15, -0.1) is 0 Å². The fourth-order valence-electron chi connectivity index (χ4n) is 2.00. The zero-order chi connectivity index (χ0) is 11.8. The van der Waals surface area contributed by atoms with Crippen molar-refractivity contribution in [3.63, 3.8) is 0 Å². The molecule has 0 spiro atoms. The molecular formula is C11H14O4S. The van der Waals surface area contributed by atoms with E-state index >= 15 is 0 Å². The summed E-state index contributed by atoms with van der Waals surface area (Å²) in [4.78, 5) is -0.0417. The van der Waals surface area contributed by atoms with Crippen LogP contribution in [0, 0.1) is 6.92 Å². The molecule has 1 aromatic rings. The summed E-state index contributed by atoms with van der Waals surface area (Å²) in [6, 6.07) is 4.69. The van der Waals surface area contributed by atoms with Crippen molar-refractivity contribution in [2.45, 2.75) is 24.2 Å². The number of hydrogen-bond acceptors (Lipinski definition) is 3. The van der Waals surface area contributed by atoms with Crippen molar-refractivity contribution in [3.05, 3.63) is 29.3 Å². The zero-order valence-electron chi connectivity index (χ0n) is 9.01. The van der Waals surface area contributed by atoms with Gasteiger partial charge in [0.05, 0.1) is 11.5 Å². The first-order chi connectivity index (χ1) is 7.48. The van der Waals surface area contributed by atoms with E-state index in [1.54, 1.807) is 12.1 Å². The minimum atomic E-state index is -4.11. The van der Waals surface area contributed by atoms with Crippen molar-refractivity contribution in [2.75, 3.05) is 13.2 Å². The highest BCUT2D eigenvalue weighted by Crippen LogP contribution is 2.29. The lowest BCUT2D eigenvalue weighted by Gasteiger charge is -2.12. The molecule has 1 atom stereocenters. The van der Waals surface area contributed by atoms with E-state index in [4.69, 9.17) is 9.29 Å². The van der Waals surface area contributed by atoms with Crippen molar-refractivity contribution in [2.24, 2.45) is 0 Å². The standard InChI is InChI=1S/C11H14O4S/c1-8-2-3-10(16(12,13)14)6-11(8)9-4-5-15-7-9/h2-3,6,9H,4-5,7H2,1H3,(H,12,13,14)/t9-/m0/s1. The average molecular weight is 242 g/mol. The van der Waals surface area contributed by atoms with Gasteiger partial charge in [0.15, 0.2) is 0 Å². The van der Waals surface area contributed by atoms with Gasteiger partial charge in [-0.2, -0.15) is 8.42 Å². The fourth-order valence-corrected chi connectivity index (χ4v) is 2.51. The molecule has 0 aliphatic carbocycles. The largest absolute Gasteiger partial charge is 0.381 e. The molecule has 88 valence electrons. The molecular weight excluding hydrogens is 228 g/mol. The maximum atomic E-state index is 11.0. The summed E-state index contributed by atoms with van der Waals surface area (Å²) in [5.74, 6) is 0.238. The summed E-state index contributed by atoms with van der Waals surface area (Å²) >= 11 is 0. The zero-order valence-corrected chi connectivity index (χ0v) is 9.83. The molecule has 1 saturated heterocycles. The molecule has 1 heterocycles. The third-order valence-electron chi connectivity index (χ3n) is 2.92. The first-order valence-corrected chi connectivity index (χ1v) is 6.58. The lowest BCUT2D eigenvalue weighted by Crippen LogP contribution is -2.04. The summed E-state index contributed by atoms with van der Waals surface area (Å²) in [5.41, 5.74) is 1.98. The Morgan fingerprint density at radius 1 is 1.44 bits per heavy atom. The second-order valence-corrected chi connectivity index (χ2v) is 5.48. The number of rotatable bonds is 2. The molecule has 1 fully saturated rings. The Morgan fingerprint density at radius 3 is 2.75 bits per heavy atom. The maximum absolute atomic E-state index is 11.0. The SMILES string of the molecule is Cc1ccc(S(=O)(=O)O)cc1[C@H]1CCOC1. The number of ether oxygens (including phenoxy) is 1. The van der Waals surface area contributed by atoms with Gasteiger partial charge >= 0.3 is 0 Å². The van der Waals surface area contributed by atoms with E-state index < -0.39 is 10.1 Å². The molecule has 0 unspecified atom stereocenters. The Balaban J connectivity index is 2.44. The van der Waals surface area contributed by atoms with Gasteiger partial charge in [-0.05, 0) is 36.6 Å². The minimum Gasteiger partial charge on any atom is -0.381 e. The van der Waals surface area contributed by atoms with Crippen LogP contribution in [-0.2, 0) is 14.9 Å². The molecule has 0 amide bonds. The molecule has 2 rings (SSSR count). The molecule has 16 heavy (non-hydrogen) atoms. The Hall–Kier alpha value is -0.910. The van der Waals surface area contributed by atoms with Crippen molar-refractivity contribution >= 4 is 10.1 Å². The molecule has 4 nitrogen and oxygen atoms in total. The molecule has 0 radical (unpaired) electrons. The number of benzene rings is 1. The topological polar surface area (TPSA) is 63.6 Å². The van der Waals surface area contributed by atoms with Gasteiger partial charge in [-0.1, -0.05) is 6.07 Å². The van der Waals surface area contributed by atoms with Gasteiger partial charge < -0.3 is 4.74 Å². The first-order valence-electron chi connectivity index (χ1n) is 5.14. The Labute approximate surface area is 95.0 Å². The van der Waals surface area contributed by atoms with E-state index in [0.717, 1.165) is 17.5 Å². The van der Waals surface area contributed by atoms with Gasteiger partial charge in [-0.3, -0.25) is 4.55 Å². The third kappa shape index (κ3) is 2.26. The molecule has 5 heteroatoms. The van der Waals surface area contributed by atoms with Crippen LogP contribution in [0.3, 0.4) is 0 Å².